The van der Waals surface area contributed by atoms with Gasteiger partial charge in [0.05, 0.1) is 0 Å². The van der Waals surface area contributed by atoms with Crippen molar-refractivity contribution in [1.82, 2.24) is 9.97 Å². The molecule has 0 aliphatic carbocycles. The summed E-state index contributed by atoms with van der Waals surface area (Å²) in [5.74, 6) is 1.44. The van der Waals surface area contributed by atoms with Crippen LogP contribution in [-0.4, -0.2) is 16.5 Å². The second kappa shape index (κ2) is 7.93. The predicted octanol–water partition coefficient (Wildman–Crippen LogP) is 4.27. The van der Waals surface area contributed by atoms with Gasteiger partial charge in [0.2, 0.25) is 0 Å². The van der Waals surface area contributed by atoms with Gasteiger partial charge in [-0.15, -0.1) is 0 Å². The number of nitrogens with one attached hydrogen (secondary N) is 1. The number of nitrogens with zero attached hydrogens (tertiary/aromatic N) is 3. The Balaban J connectivity index is 1.75. The van der Waals surface area contributed by atoms with Crippen molar-refractivity contribution < 1.29 is 4.73 Å². The van der Waals surface area contributed by atoms with Crippen molar-refractivity contribution in [3.05, 3.63) is 74.2 Å². The monoisotopic (exact) mass is 462 g/mol. The molecule has 7 heteroatoms. The van der Waals surface area contributed by atoms with Crippen LogP contribution in [0.15, 0.2) is 57.7 Å². The maximum atomic E-state index is 11.3. The second-order valence-corrected chi connectivity index (χ2v) is 7.46. The molecule has 3 aromatic rings. The highest BCUT2D eigenvalue weighted by atomic mass is 79.9. The van der Waals surface area contributed by atoms with Crippen molar-refractivity contribution in [2.75, 3.05) is 11.9 Å². The molecule has 0 bridgehead atoms. The lowest BCUT2D eigenvalue weighted by Gasteiger charge is -2.09. The molecule has 128 valence electrons. The quantitative estimate of drug-likeness (QED) is 0.453. The van der Waals surface area contributed by atoms with Crippen LogP contribution in [0.2, 0.25) is 0 Å². The molecular formula is C18H16Br2N4O. The van der Waals surface area contributed by atoms with E-state index in [4.69, 9.17) is 0 Å². The third-order valence-corrected chi connectivity index (χ3v) is 4.45. The highest BCUT2D eigenvalue weighted by Gasteiger charge is 2.07. The van der Waals surface area contributed by atoms with Crippen molar-refractivity contribution >= 4 is 37.7 Å². The van der Waals surface area contributed by atoms with E-state index in [0.29, 0.717) is 12.4 Å². The van der Waals surface area contributed by atoms with Gasteiger partial charge in [0.15, 0.2) is 18.2 Å². The Hall–Kier alpha value is -1.99. The minimum Gasteiger partial charge on any atom is -0.619 e. The molecule has 2 heterocycles. The van der Waals surface area contributed by atoms with Gasteiger partial charge < -0.3 is 10.5 Å². The topological polar surface area (TPSA) is 64.8 Å². The number of aromatic nitrogens is 3. The van der Waals surface area contributed by atoms with Crippen molar-refractivity contribution in [2.45, 2.75) is 13.3 Å². The standard InChI is InChI=1S/C18H16Br2N4O/c1-12-7-17(21-5-4-13-3-2-6-24(25)11-13)23-18(22-12)14-8-15(19)10-16(20)9-14/h2-3,6-11H,4-5H2,1H3,(H,21,22,23). The first-order chi connectivity index (χ1) is 12.0. The zero-order chi connectivity index (χ0) is 17.8. The molecule has 0 saturated carbocycles. The van der Waals surface area contributed by atoms with E-state index < -0.39 is 0 Å². The lowest BCUT2D eigenvalue weighted by molar-refractivity contribution is -0.605. The molecule has 0 unspecified atom stereocenters. The van der Waals surface area contributed by atoms with Crippen molar-refractivity contribution in [3.63, 3.8) is 0 Å². The summed E-state index contributed by atoms with van der Waals surface area (Å²) < 4.78 is 2.74. The third-order valence-electron chi connectivity index (χ3n) is 3.53. The summed E-state index contributed by atoms with van der Waals surface area (Å²) in [5, 5.41) is 14.6. The van der Waals surface area contributed by atoms with Gasteiger partial charge in [0, 0.05) is 44.4 Å². The third kappa shape index (κ3) is 4.99. The van der Waals surface area contributed by atoms with E-state index in [9.17, 15) is 5.21 Å². The van der Waals surface area contributed by atoms with E-state index >= 15 is 0 Å². The van der Waals surface area contributed by atoms with Crippen molar-refractivity contribution in [2.24, 2.45) is 0 Å². The summed E-state index contributed by atoms with van der Waals surface area (Å²) in [5.41, 5.74) is 2.80. The molecule has 2 aromatic heterocycles. The van der Waals surface area contributed by atoms with E-state index in [-0.39, 0.29) is 0 Å². The Morgan fingerprint density at radius 1 is 1.12 bits per heavy atom. The fourth-order valence-corrected chi connectivity index (χ4v) is 3.75. The smallest absolute Gasteiger partial charge is 0.183 e. The van der Waals surface area contributed by atoms with Crippen LogP contribution < -0.4 is 10.0 Å². The fourth-order valence-electron chi connectivity index (χ4n) is 2.45. The van der Waals surface area contributed by atoms with Gasteiger partial charge in [-0.2, -0.15) is 4.73 Å². The molecule has 0 saturated heterocycles. The number of halogens is 2. The van der Waals surface area contributed by atoms with E-state index in [1.54, 1.807) is 12.3 Å². The predicted molar refractivity (Wildman–Crippen MR) is 105 cm³/mol. The average molecular weight is 464 g/mol. The van der Waals surface area contributed by atoms with E-state index in [0.717, 1.165) is 42.7 Å². The minimum absolute atomic E-state index is 0.668. The Bertz CT molecular complexity index is 882. The van der Waals surface area contributed by atoms with Crippen LogP contribution in [0.4, 0.5) is 5.82 Å². The van der Waals surface area contributed by atoms with Gasteiger partial charge in [0.25, 0.3) is 0 Å². The molecule has 0 fully saturated rings. The first-order valence-corrected chi connectivity index (χ1v) is 9.32. The van der Waals surface area contributed by atoms with Crippen LogP contribution in [0.25, 0.3) is 11.4 Å². The summed E-state index contributed by atoms with van der Waals surface area (Å²) in [4.78, 5) is 9.13. The highest BCUT2D eigenvalue weighted by Crippen LogP contribution is 2.26. The molecule has 3 rings (SSSR count). The normalized spacial score (nSPS) is 10.7. The molecule has 25 heavy (non-hydrogen) atoms. The van der Waals surface area contributed by atoms with Crippen LogP contribution in [0, 0.1) is 12.1 Å². The van der Waals surface area contributed by atoms with E-state index in [1.807, 2.05) is 37.3 Å². The van der Waals surface area contributed by atoms with Gasteiger partial charge in [-0.05, 0) is 37.6 Å². The van der Waals surface area contributed by atoms with Gasteiger partial charge in [-0.3, -0.25) is 0 Å². The maximum Gasteiger partial charge on any atom is 0.183 e. The summed E-state index contributed by atoms with van der Waals surface area (Å²) in [6, 6.07) is 11.5. The molecule has 0 atom stereocenters. The molecule has 1 aromatic carbocycles. The van der Waals surface area contributed by atoms with Gasteiger partial charge in [-0.25, -0.2) is 9.97 Å². The maximum absolute atomic E-state index is 11.3. The Kier molecular flexibility index (Phi) is 5.65. The fraction of sp³-hybridized carbons (Fsp3) is 0.167. The number of hydrogen-bond acceptors (Lipinski definition) is 4. The minimum atomic E-state index is 0.668. The lowest BCUT2D eigenvalue weighted by atomic mass is 10.2. The number of benzene rings is 1. The molecular weight excluding hydrogens is 448 g/mol. The first kappa shape index (κ1) is 17.8. The molecule has 0 aliphatic heterocycles. The summed E-state index contributed by atoms with van der Waals surface area (Å²) in [6.45, 7) is 2.63. The molecule has 5 nitrogen and oxygen atoms in total. The second-order valence-electron chi connectivity index (χ2n) is 5.63. The zero-order valence-corrected chi connectivity index (χ0v) is 16.7. The number of rotatable bonds is 5. The van der Waals surface area contributed by atoms with E-state index in [2.05, 4.69) is 47.1 Å². The molecule has 0 amide bonds. The Morgan fingerprint density at radius 3 is 2.60 bits per heavy atom. The summed E-state index contributed by atoms with van der Waals surface area (Å²) in [6.07, 6.45) is 3.80. The summed E-state index contributed by atoms with van der Waals surface area (Å²) in [7, 11) is 0. The molecule has 0 radical (unpaired) electrons. The van der Waals surface area contributed by atoms with Crippen molar-refractivity contribution in [1.29, 1.82) is 0 Å². The van der Waals surface area contributed by atoms with Crippen LogP contribution in [-0.2, 0) is 6.42 Å². The van der Waals surface area contributed by atoms with Crippen molar-refractivity contribution in [3.8, 4) is 11.4 Å². The molecule has 0 aliphatic rings. The number of pyridine rings is 1. The van der Waals surface area contributed by atoms with Crippen LogP contribution in [0.5, 0.6) is 0 Å². The van der Waals surface area contributed by atoms with Crippen LogP contribution in [0.3, 0.4) is 0 Å². The van der Waals surface area contributed by atoms with Gasteiger partial charge >= 0.3 is 0 Å². The SMILES string of the molecule is Cc1cc(NCCc2ccc[n+]([O-])c2)nc(-c2cc(Br)cc(Br)c2)n1. The number of anilines is 1. The number of hydrogen-bond donors (Lipinski definition) is 1. The first-order valence-electron chi connectivity index (χ1n) is 7.73. The largest absolute Gasteiger partial charge is 0.619 e. The molecule has 0 spiro atoms. The number of aryl methyl sites for hydroxylation is 1. The van der Waals surface area contributed by atoms with Gasteiger partial charge in [-0.1, -0.05) is 31.9 Å². The zero-order valence-electron chi connectivity index (χ0n) is 13.5. The molecule has 1 N–H and O–H groups in total. The highest BCUT2D eigenvalue weighted by molar-refractivity contribution is 9.11. The summed E-state index contributed by atoms with van der Waals surface area (Å²) >= 11 is 6.98. The van der Waals surface area contributed by atoms with Crippen LogP contribution >= 0.6 is 31.9 Å². The Labute approximate surface area is 163 Å². The lowest BCUT2D eigenvalue weighted by Crippen LogP contribution is -2.25. The Morgan fingerprint density at radius 2 is 1.88 bits per heavy atom. The van der Waals surface area contributed by atoms with Gasteiger partial charge in [0.1, 0.15) is 5.82 Å². The van der Waals surface area contributed by atoms with Crippen LogP contribution in [0.1, 0.15) is 11.3 Å². The average Bonchev–Trinajstić information content (AvgIpc) is 2.53. The van der Waals surface area contributed by atoms with E-state index in [1.165, 1.54) is 6.20 Å².